The van der Waals surface area contributed by atoms with Crippen LogP contribution in [0.2, 0.25) is 0 Å². The van der Waals surface area contributed by atoms with Gasteiger partial charge in [0.1, 0.15) is 0 Å². The summed E-state index contributed by atoms with van der Waals surface area (Å²) in [6.07, 6.45) is 0. The first-order valence-electron chi connectivity index (χ1n) is 7.12. The number of nitrogens with one attached hydrogen (secondary N) is 2. The Morgan fingerprint density at radius 1 is 1.15 bits per heavy atom. The molecule has 3 nitrogen and oxygen atoms in total. The molecule has 4 heteroatoms. The summed E-state index contributed by atoms with van der Waals surface area (Å²) in [5, 5.41) is 6.34. The van der Waals surface area contributed by atoms with E-state index >= 15 is 0 Å². The molecule has 0 aliphatic heterocycles. The van der Waals surface area contributed by atoms with Gasteiger partial charge in [0.2, 0.25) is 5.91 Å². The summed E-state index contributed by atoms with van der Waals surface area (Å²) in [7, 11) is 0. The van der Waals surface area contributed by atoms with Crippen molar-refractivity contribution in [1.82, 2.24) is 10.6 Å². The standard InChI is InChI=1S/C16H26N2O.ClH/c1-5-17-13(4)11-18-16(19)15(12(2)3)14-9-7-6-8-10-14;/h6-10,12-13,15,17H,5,11H2,1-4H3,(H,18,19);1H/t13-,15?;/m1./s1. The minimum atomic E-state index is -0.0740. The van der Waals surface area contributed by atoms with E-state index in [0.717, 1.165) is 12.1 Å². The van der Waals surface area contributed by atoms with Crippen LogP contribution < -0.4 is 10.6 Å². The minimum absolute atomic E-state index is 0. The molecule has 1 rings (SSSR count). The van der Waals surface area contributed by atoms with Crippen molar-refractivity contribution in [2.75, 3.05) is 13.1 Å². The van der Waals surface area contributed by atoms with Crippen LogP contribution in [0.4, 0.5) is 0 Å². The van der Waals surface area contributed by atoms with Crippen LogP contribution in [-0.4, -0.2) is 25.0 Å². The molecule has 20 heavy (non-hydrogen) atoms. The normalized spacial score (nSPS) is 13.4. The van der Waals surface area contributed by atoms with E-state index in [9.17, 15) is 4.79 Å². The predicted octanol–water partition coefficient (Wildman–Crippen LogP) is 2.96. The lowest BCUT2D eigenvalue weighted by Gasteiger charge is -2.22. The third kappa shape index (κ3) is 5.93. The molecule has 0 saturated heterocycles. The summed E-state index contributed by atoms with van der Waals surface area (Å²) in [5.41, 5.74) is 1.09. The van der Waals surface area contributed by atoms with Gasteiger partial charge in [0.25, 0.3) is 0 Å². The quantitative estimate of drug-likeness (QED) is 0.812. The van der Waals surface area contributed by atoms with Crippen LogP contribution in [-0.2, 0) is 4.79 Å². The van der Waals surface area contributed by atoms with Crippen molar-refractivity contribution in [3.8, 4) is 0 Å². The molecule has 0 aliphatic carbocycles. The SMILES string of the molecule is CCN[C@H](C)CNC(=O)C(c1ccccc1)C(C)C.Cl. The van der Waals surface area contributed by atoms with Gasteiger partial charge in [-0.1, -0.05) is 51.1 Å². The van der Waals surface area contributed by atoms with E-state index < -0.39 is 0 Å². The van der Waals surface area contributed by atoms with E-state index in [0.29, 0.717) is 12.6 Å². The van der Waals surface area contributed by atoms with E-state index in [4.69, 9.17) is 0 Å². The Hall–Kier alpha value is -1.06. The van der Waals surface area contributed by atoms with E-state index in [1.54, 1.807) is 0 Å². The average Bonchev–Trinajstić information content (AvgIpc) is 2.38. The van der Waals surface area contributed by atoms with Gasteiger partial charge in [-0.3, -0.25) is 4.79 Å². The van der Waals surface area contributed by atoms with E-state index in [1.165, 1.54) is 0 Å². The van der Waals surface area contributed by atoms with Crippen LogP contribution in [0.5, 0.6) is 0 Å². The first kappa shape index (κ1) is 18.9. The molecule has 0 heterocycles. The lowest BCUT2D eigenvalue weighted by Crippen LogP contribution is -2.41. The minimum Gasteiger partial charge on any atom is -0.354 e. The van der Waals surface area contributed by atoms with Crippen LogP contribution in [0.15, 0.2) is 30.3 Å². The number of amides is 1. The Bertz CT molecular complexity index is 381. The lowest BCUT2D eigenvalue weighted by atomic mass is 9.87. The summed E-state index contributed by atoms with van der Waals surface area (Å²) in [6, 6.07) is 10.3. The number of carbonyl (C=O) groups is 1. The number of hydrogen-bond donors (Lipinski definition) is 2. The van der Waals surface area contributed by atoms with Gasteiger partial charge in [-0.2, -0.15) is 0 Å². The van der Waals surface area contributed by atoms with Crippen molar-refractivity contribution in [2.24, 2.45) is 5.92 Å². The smallest absolute Gasteiger partial charge is 0.227 e. The molecule has 0 aromatic heterocycles. The Morgan fingerprint density at radius 3 is 2.25 bits per heavy atom. The Kier molecular flexibility index (Phi) is 9.26. The number of likely N-dealkylation sites (N-methyl/N-ethyl adjacent to an activating group) is 1. The monoisotopic (exact) mass is 298 g/mol. The zero-order chi connectivity index (χ0) is 14.3. The molecule has 0 bridgehead atoms. The summed E-state index contributed by atoms with van der Waals surface area (Å²) in [6.45, 7) is 9.91. The van der Waals surface area contributed by atoms with Crippen LogP contribution in [0.1, 0.15) is 39.2 Å². The molecular formula is C16H27ClN2O. The summed E-state index contributed by atoms with van der Waals surface area (Å²) in [4.78, 5) is 12.4. The fourth-order valence-corrected chi connectivity index (χ4v) is 2.28. The maximum Gasteiger partial charge on any atom is 0.227 e. The maximum absolute atomic E-state index is 12.4. The fraction of sp³-hybridized carbons (Fsp3) is 0.562. The maximum atomic E-state index is 12.4. The number of halogens is 1. The highest BCUT2D eigenvalue weighted by Crippen LogP contribution is 2.24. The molecule has 1 aromatic carbocycles. The highest BCUT2D eigenvalue weighted by Gasteiger charge is 2.23. The average molecular weight is 299 g/mol. The predicted molar refractivity (Wildman–Crippen MR) is 87.4 cm³/mol. The number of rotatable bonds is 7. The van der Waals surface area contributed by atoms with Crippen LogP contribution in [0.25, 0.3) is 0 Å². The number of benzene rings is 1. The molecule has 0 spiro atoms. The van der Waals surface area contributed by atoms with Gasteiger partial charge in [-0.05, 0) is 24.9 Å². The second kappa shape index (κ2) is 9.78. The molecule has 0 radical (unpaired) electrons. The van der Waals surface area contributed by atoms with E-state index in [1.807, 2.05) is 30.3 Å². The van der Waals surface area contributed by atoms with Crippen LogP contribution >= 0.6 is 12.4 Å². The third-order valence-corrected chi connectivity index (χ3v) is 3.24. The largest absolute Gasteiger partial charge is 0.354 e. The van der Waals surface area contributed by atoms with E-state index in [-0.39, 0.29) is 30.2 Å². The van der Waals surface area contributed by atoms with Gasteiger partial charge < -0.3 is 10.6 Å². The van der Waals surface area contributed by atoms with Crippen molar-refractivity contribution in [3.05, 3.63) is 35.9 Å². The third-order valence-electron chi connectivity index (χ3n) is 3.24. The van der Waals surface area contributed by atoms with Crippen molar-refractivity contribution >= 4 is 18.3 Å². The van der Waals surface area contributed by atoms with Gasteiger partial charge in [0, 0.05) is 12.6 Å². The Morgan fingerprint density at radius 2 is 1.75 bits per heavy atom. The summed E-state index contributed by atoms with van der Waals surface area (Å²) >= 11 is 0. The second-order valence-electron chi connectivity index (χ2n) is 5.34. The number of hydrogen-bond acceptors (Lipinski definition) is 2. The molecule has 0 saturated carbocycles. The topological polar surface area (TPSA) is 41.1 Å². The molecule has 114 valence electrons. The second-order valence-corrected chi connectivity index (χ2v) is 5.34. The first-order chi connectivity index (χ1) is 9.06. The summed E-state index contributed by atoms with van der Waals surface area (Å²) < 4.78 is 0. The molecule has 2 atom stereocenters. The van der Waals surface area contributed by atoms with Gasteiger partial charge in [0.15, 0.2) is 0 Å². The lowest BCUT2D eigenvalue weighted by molar-refractivity contribution is -0.123. The number of carbonyl (C=O) groups excluding carboxylic acids is 1. The van der Waals surface area contributed by atoms with Crippen LogP contribution in [0.3, 0.4) is 0 Å². The van der Waals surface area contributed by atoms with Gasteiger partial charge >= 0.3 is 0 Å². The Labute approximate surface area is 128 Å². The molecular weight excluding hydrogens is 272 g/mol. The van der Waals surface area contributed by atoms with Crippen molar-refractivity contribution in [3.63, 3.8) is 0 Å². The molecule has 0 aliphatic rings. The highest BCUT2D eigenvalue weighted by molar-refractivity contribution is 5.85. The van der Waals surface area contributed by atoms with Gasteiger partial charge in [0.05, 0.1) is 5.92 Å². The first-order valence-corrected chi connectivity index (χ1v) is 7.12. The molecule has 1 amide bonds. The highest BCUT2D eigenvalue weighted by atomic mass is 35.5. The molecule has 1 aromatic rings. The summed E-state index contributed by atoms with van der Waals surface area (Å²) in [5.74, 6) is 0.331. The van der Waals surface area contributed by atoms with Crippen LogP contribution in [0, 0.1) is 5.92 Å². The van der Waals surface area contributed by atoms with E-state index in [2.05, 4.69) is 38.3 Å². The molecule has 0 fully saturated rings. The van der Waals surface area contributed by atoms with Crippen molar-refractivity contribution < 1.29 is 4.79 Å². The molecule has 1 unspecified atom stereocenters. The van der Waals surface area contributed by atoms with Crippen molar-refractivity contribution in [2.45, 2.75) is 39.7 Å². The fourth-order valence-electron chi connectivity index (χ4n) is 2.28. The zero-order valence-corrected chi connectivity index (χ0v) is 13.7. The van der Waals surface area contributed by atoms with Gasteiger partial charge in [-0.15, -0.1) is 12.4 Å². The zero-order valence-electron chi connectivity index (χ0n) is 12.8. The molecule has 2 N–H and O–H groups in total. The Balaban J connectivity index is 0.00000361. The van der Waals surface area contributed by atoms with Gasteiger partial charge in [-0.25, -0.2) is 0 Å². The van der Waals surface area contributed by atoms with Crippen molar-refractivity contribution in [1.29, 1.82) is 0 Å².